The average molecular weight is 182 g/mol. The number of rotatable bonds is 0. The fourth-order valence-corrected chi connectivity index (χ4v) is 2.22. The van der Waals surface area contributed by atoms with Crippen LogP contribution in [0.15, 0.2) is 11.8 Å². The van der Waals surface area contributed by atoms with Gasteiger partial charge in [0.15, 0.2) is 6.10 Å². The van der Waals surface area contributed by atoms with Crippen molar-refractivity contribution >= 4 is 5.97 Å². The summed E-state index contributed by atoms with van der Waals surface area (Å²) in [5, 5.41) is 0. The molecule has 2 heterocycles. The number of allylic oxidation sites excluding steroid dienone is 1. The molecular formula is C9H10O4. The Hall–Kier alpha value is -0.870. The topological polar surface area (TPSA) is 44.8 Å². The van der Waals surface area contributed by atoms with Crippen LogP contribution in [0.4, 0.5) is 0 Å². The Morgan fingerprint density at radius 3 is 3.23 bits per heavy atom. The van der Waals surface area contributed by atoms with Gasteiger partial charge in [0.05, 0.1) is 12.0 Å². The van der Waals surface area contributed by atoms with E-state index in [2.05, 4.69) is 0 Å². The highest BCUT2D eigenvalue weighted by atomic mass is 16.7. The summed E-state index contributed by atoms with van der Waals surface area (Å²) in [6.07, 6.45) is 3.56. The molecule has 3 atom stereocenters. The molecule has 0 spiro atoms. The van der Waals surface area contributed by atoms with Gasteiger partial charge in [-0.15, -0.1) is 0 Å². The van der Waals surface area contributed by atoms with Gasteiger partial charge in [-0.1, -0.05) is 0 Å². The third-order valence-corrected chi connectivity index (χ3v) is 2.83. The molecule has 1 aliphatic carbocycles. The SMILES string of the molecule is O=C1OC2=CCCC3OCOC1C23. The van der Waals surface area contributed by atoms with E-state index in [9.17, 15) is 4.79 Å². The average Bonchev–Trinajstić information content (AvgIpc) is 2.47. The molecule has 3 unspecified atom stereocenters. The van der Waals surface area contributed by atoms with Gasteiger partial charge in [0.25, 0.3) is 0 Å². The van der Waals surface area contributed by atoms with Gasteiger partial charge in [0.2, 0.25) is 0 Å². The first-order valence-electron chi connectivity index (χ1n) is 4.51. The van der Waals surface area contributed by atoms with Gasteiger partial charge >= 0.3 is 5.97 Å². The fraction of sp³-hybridized carbons (Fsp3) is 0.667. The molecule has 13 heavy (non-hydrogen) atoms. The van der Waals surface area contributed by atoms with Crippen molar-refractivity contribution < 1.29 is 19.0 Å². The van der Waals surface area contributed by atoms with Gasteiger partial charge in [-0.05, 0) is 18.9 Å². The highest BCUT2D eigenvalue weighted by molar-refractivity contribution is 5.80. The minimum atomic E-state index is -0.412. The molecule has 0 amide bonds. The summed E-state index contributed by atoms with van der Waals surface area (Å²) in [4.78, 5) is 11.3. The second-order valence-electron chi connectivity index (χ2n) is 3.54. The van der Waals surface area contributed by atoms with Crippen molar-refractivity contribution in [2.45, 2.75) is 25.0 Å². The minimum absolute atomic E-state index is 0.0231. The van der Waals surface area contributed by atoms with Crippen molar-refractivity contribution in [2.75, 3.05) is 6.79 Å². The summed E-state index contributed by atoms with van der Waals surface area (Å²) >= 11 is 0. The van der Waals surface area contributed by atoms with E-state index < -0.39 is 6.10 Å². The number of hydrogen-bond acceptors (Lipinski definition) is 4. The number of esters is 1. The minimum Gasteiger partial charge on any atom is -0.429 e. The molecule has 0 bridgehead atoms. The molecule has 3 aliphatic rings. The molecule has 0 aromatic rings. The summed E-state index contributed by atoms with van der Waals surface area (Å²) < 4.78 is 15.7. The molecule has 2 aliphatic heterocycles. The second-order valence-corrected chi connectivity index (χ2v) is 3.54. The predicted octanol–water partition coefficient (Wildman–Crippen LogP) is 0.579. The summed E-state index contributed by atoms with van der Waals surface area (Å²) in [6, 6.07) is 0. The lowest BCUT2D eigenvalue weighted by molar-refractivity contribution is -0.197. The first kappa shape index (κ1) is 7.53. The Morgan fingerprint density at radius 2 is 2.31 bits per heavy atom. The molecule has 2 fully saturated rings. The molecule has 70 valence electrons. The highest BCUT2D eigenvalue weighted by Gasteiger charge is 2.50. The molecule has 0 aromatic carbocycles. The van der Waals surface area contributed by atoms with Crippen LogP contribution in [0.25, 0.3) is 0 Å². The number of carbonyl (C=O) groups is 1. The Kier molecular flexibility index (Phi) is 1.48. The number of carbonyl (C=O) groups excluding carboxylic acids is 1. The van der Waals surface area contributed by atoms with Gasteiger partial charge < -0.3 is 14.2 Å². The second kappa shape index (κ2) is 2.56. The van der Waals surface area contributed by atoms with E-state index in [4.69, 9.17) is 14.2 Å². The lowest BCUT2D eigenvalue weighted by Gasteiger charge is -2.33. The van der Waals surface area contributed by atoms with Crippen LogP contribution >= 0.6 is 0 Å². The molecule has 4 nitrogen and oxygen atoms in total. The molecule has 4 heteroatoms. The van der Waals surface area contributed by atoms with Gasteiger partial charge in [-0.25, -0.2) is 4.79 Å². The van der Waals surface area contributed by atoms with E-state index >= 15 is 0 Å². The van der Waals surface area contributed by atoms with Crippen LogP contribution in [0.5, 0.6) is 0 Å². The third-order valence-electron chi connectivity index (χ3n) is 2.83. The molecule has 0 radical (unpaired) electrons. The van der Waals surface area contributed by atoms with E-state index in [1.165, 1.54) is 0 Å². The monoisotopic (exact) mass is 182 g/mol. The molecular weight excluding hydrogens is 172 g/mol. The van der Waals surface area contributed by atoms with Crippen LogP contribution in [0.1, 0.15) is 12.8 Å². The fourth-order valence-electron chi connectivity index (χ4n) is 2.22. The summed E-state index contributed by atoms with van der Waals surface area (Å²) in [6.45, 7) is 0.216. The van der Waals surface area contributed by atoms with Crippen molar-refractivity contribution in [1.29, 1.82) is 0 Å². The zero-order valence-electron chi connectivity index (χ0n) is 7.06. The Balaban J connectivity index is 2.00. The normalized spacial score (nSPS) is 42.3. The maximum absolute atomic E-state index is 11.3. The van der Waals surface area contributed by atoms with Crippen molar-refractivity contribution in [3.8, 4) is 0 Å². The number of ether oxygens (including phenoxy) is 3. The summed E-state index contributed by atoms with van der Waals surface area (Å²) in [5.74, 6) is 0.521. The highest BCUT2D eigenvalue weighted by Crippen LogP contribution is 2.40. The van der Waals surface area contributed by atoms with Crippen LogP contribution in [-0.4, -0.2) is 25.0 Å². The Labute approximate surface area is 75.5 Å². The quantitative estimate of drug-likeness (QED) is 0.514. The van der Waals surface area contributed by atoms with Crippen molar-refractivity contribution in [3.63, 3.8) is 0 Å². The molecule has 2 saturated heterocycles. The van der Waals surface area contributed by atoms with Crippen molar-refractivity contribution in [1.82, 2.24) is 0 Å². The van der Waals surface area contributed by atoms with E-state index in [1.54, 1.807) is 0 Å². The van der Waals surface area contributed by atoms with Gasteiger partial charge in [-0.3, -0.25) is 0 Å². The molecule has 0 aromatic heterocycles. The van der Waals surface area contributed by atoms with Crippen LogP contribution in [0.3, 0.4) is 0 Å². The molecule has 3 rings (SSSR count). The zero-order chi connectivity index (χ0) is 8.84. The molecule has 0 saturated carbocycles. The maximum atomic E-state index is 11.3. The van der Waals surface area contributed by atoms with Gasteiger partial charge in [0.1, 0.15) is 12.6 Å². The van der Waals surface area contributed by atoms with Crippen molar-refractivity contribution in [2.24, 2.45) is 5.92 Å². The number of hydrogen-bond donors (Lipinski definition) is 0. The van der Waals surface area contributed by atoms with Crippen molar-refractivity contribution in [3.05, 3.63) is 11.8 Å². The lowest BCUT2D eigenvalue weighted by atomic mass is 9.87. The van der Waals surface area contributed by atoms with Gasteiger partial charge in [0, 0.05) is 0 Å². The maximum Gasteiger partial charge on any atom is 0.341 e. The Morgan fingerprint density at radius 1 is 1.38 bits per heavy atom. The molecule has 0 N–H and O–H groups in total. The first-order chi connectivity index (χ1) is 6.36. The largest absolute Gasteiger partial charge is 0.429 e. The zero-order valence-corrected chi connectivity index (χ0v) is 7.06. The van der Waals surface area contributed by atoms with Crippen LogP contribution < -0.4 is 0 Å². The Bertz CT molecular complexity index is 283. The smallest absolute Gasteiger partial charge is 0.341 e. The van der Waals surface area contributed by atoms with E-state index in [0.717, 1.165) is 18.6 Å². The summed E-state index contributed by atoms with van der Waals surface area (Å²) in [7, 11) is 0. The third kappa shape index (κ3) is 0.957. The van der Waals surface area contributed by atoms with Crippen LogP contribution in [0, 0.1) is 5.92 Å². The van der Waals surface area contributed by atoms with E-state index in [1.807, 2.05) is 6.08 Å². The van der Waals surface area contributed by atoms with Crippen LogP contribution in [0.2, 0.25) is 0 Å². The van der Waals surface area contributed by atoms with Crippen LogP contribution in [-0.2, 0) is 19.0 Å². The van der Waals surface area contributed by atoms with Gasteiger partial charge in [-0.2, -0.15) is 0 Å². The standard InChI is InChI=1S/C9H10O4/c10-9-8-7-5(11-4-12-8)2-1-3-6(7)13-9/h3,5,7-8H,1-2,4H2. The van der Waals surface area contributed by atoms with E-state index in [0.29, 0.717) is 0 Å². The van der Waals surface area contributed by atoms with E-state index in [-0.39, 0.29) is 24.8 Å². The first-order valence-corrected chi connectivity index (χ1v) is 4.51. The summed E-state index contributed by atoms with van der Waals surface area (Å²) in [5.41, 5.74) is 0. The predicted molar refractivity (Wildman–Crippen MR) is 41.5 cm³/mol. The lowest BCUT2D eigenvalue weighted by Crippen LogP contribution is -2.42.